The predicted octanol–water partition coefficient (Wildman–Crippen LogP) is -2.48. The van der Waals surface area contributed by atoms with Crippen molar-refractivity contribution in [1.82, 2.24) is 0 Å². The fraction of sp³-hybridized carbons (Fsp3) is 0.700. The van der Waals surface area contributed by atoms with Gasteiger partial charge in [0, 0.05) is 0 Å². The summed E-state index contributed by atoms with van der Waals surface area (Å²) in [4.78, 5) is 0. The minimum Gasteiger partial charge on any atom is -0.497 e. The van der Waals surface area contributed by atoms with Gasteiger partial charge in [-0.05, 0) is 24.1 Å². The van der Waals surface area contributed by atoms with Gasteiger partial charge in [0.25, 0.3) is 0 Å². The van der Waals surface area contributed by atoms with Gasteiger partial charge < -0.3 is 54.3 Å². The molecule has 31 heavy (non-hydrogen) atoms. The van der Waals surface area contributed by atoms with Crippen molar-refractivity contribution in [3.63, 3.8) is 0 Å². The Morgan fingerprint density at radius 3 is 2.19 bits per heavy atom. The molecule has 3 rings (SSSR count). The highest BCUT2D eigenvalue weighted by atomic mass is 16.7. The number of benzene rings is 1. The molecule has 0 saturated carbocycles. The molecule has 0 aromatic heterocycles. The Kier molecular flexibility index (Phi) is 8.58. The third kappa shape index (κ3) is 5.90. The monoisotopic (exact) mass is 446 g/mol. The Labute approximate surface area is 179 Å². The van der Waals surface area contributed by atoms with Crippen molar-refractivity contribution >= 4 is 0 Å². The molecule has 2 fully saturated rings. The maximum absolute atomic E-state index is 10.2. The first-order valence-electron chi connectivity index (χ1n) is 10.0. The zero-order chi connectivity index (χ0) is 22.5. The fourth-order valence-corrected chi connectivity index (χ4v) is 3.39. The molecule has 0 spiro atoms. The van der Waals surface area contributed by atoms with Crippen LogP contribution in [0.3, 0.4) is 0 Å². The number of ether oxygens (including phenoxy) is 5. The molecule has 0 bridgehead atoms. The van der Waals surface area contributed by atoms with Crippen LogP contribution in [0.2, 0.25) is 0 Å². The summed E-state index contributed by atoms with van der Waals surface area (Å²) in [5.74, 6) is 0.727. The molecule has 176 valence electrons. The zero-order valence-corrected chi connectivity index (χ0v) is 17.1. The van der Waals surface area contributed by atoms with E-state index < -0.39 is 55.3 Å². The van der Waals surface area contributed by atoms with E-state index in [1.807, 2.05) is 24.3 Å². The van der Waals surface area contributed by atoms with Crippen molar-refractivity contribution in [3.05, 3.63) is 29.8 Å². The molecule has 2 aliphatic rings. The van der Waals surface area contributed by atoms with Crippen LogP contribution >= 0.6 is 0 Å². The van der Waals surface area contributed by atoms with E-state index in [2.05, 4.69) is 0 Å². The van der Waals surface area contributed by atoms with Gasteiger partial charge in [-0.25, -0.2) is 0 Å². The van der Waals surface area contributed by atoms with Crippen LogP contribution in [0.1, 0.15) is 5.56 Å². The van der Waals surface area contributed by atoms with Crippen LogP contribution in [0, 0.1) is 0 Å². The first kappa shape index (κ1) is 24.3. The molecular formula is C20H30O11. The lowest BCUT2D eigenvalue weighted by Crippen LogP contribution is -2.60. The third-order valence-electron chi connectivity index (χ3n) is 5.38. The summed E-state index contributed by atoms with van der Waals surface area (Å²) in [5.41, 5.74) is 0.968. The van der Waals surface area contributed by atoms with Crippen LogP contribution < -0.4 is 4.74 Å². The van der Waals surface area contributed by atoms with Gasteiger partial charge in [0.2, 0.25) is 0 Å². The van der Waals surface area contributed by atoms with Crippen LogP contribution in [-0.4, -0.2) is 113 Å². The Morgan fingerprint density at radius 1 is 0.839 bits per heavy atom. The molecule has 11 nitrogen and oxygen atoms in total. The summed E-state index contributed by atoms with van der Waals surface area (Å²) in [5, 5.41) is 59.6. The SMILES string of the molecule is COc1ccc(CCO[C@@H]2O[C@H](CO[C@@H]3OC[C@@H](O)[C@H](O)[C@H]3O)[C@@H](O)[C@H](O)[C@H]2O)cc1. The minimum atomic E-state index is -1.54. The fourth-order valence-electron chi connectivity index (χ4n) is 3.39. The van der Waals surface area contributed by atoms with Crippen LogP contribution in [0.5, 0.6) is 5.75 Å². The highest BCUT2D eigenvalue weighted by molar-refractivity contribution is 5.27. The first-order chi connectivity index (χ1) is 14.8. The van der Waals surface area contributed by atoms with Crippen molar-refractivity contribution in [1.29, 1.82) is 0 Å². The van der Waals surface area contributed by atoms with E-state index >= 15 is 0 Å². The molecule has 0 aliphatic carbocycles. The van der Waals surface area contributed by atoms with E-state index in [4.69, 9.17) is 23.7 Å². The molecule has 11 heteroatoms. The largest absolute Gasteiger partial charge is 0.497 e. The second kappa shape index (κ2) is 11.0. The van der Waals surface area contributed by atoms with Crippen LogP contribution in [-0.2, 0) is 25.4 Å². The summed E-state index contributed by atoms with van der Waals surface area (Å²) in [6, 6.07) is 7.37. The Bertz CT molecular complexity index is 672. The minimum absolute atomic E-state index is 0.180. The number of rotatable bonds is 8. The standard InChI is InChI=1S/C20H30O11/c1-27-11-4-2-10(3-5-11)6-7-28-20-18(26)16(24)15(23)13(31-20)9-30-19-17(25)14(22)12(21)8-29-19/h2-5,12-26H,6-9H2,1H3/t12-,13-,14+,15-,16+,17-,18-,19+,20-/m1/s1. The molecule has 2 saturated heterocycles. The predicted molar refractivity (Wildman–Crippen MR) is 103 cm³/mol. The topological polar surface area (TPSA) is 168 Å². The molecule has 0 unspecified atom stereocenters. The Balaban J connectivity index is 1.51. The van der Waals surface area contributed by atoms with Crippen molar-refractivity contribution in [3.8, 4) is 5.75 Å². The summed E-state index contributed by atoms with van der Waals surface area (Å²) < 4.78 is 26.7. The molecule has 2 heterocycles. The maximum Gasteiger partial charge on any atom is 0.186 e. The van der Waals surface area contributed by atoms with Crippen LogP contribution in [0.15, 0.2) is 24.3 Å². The van der Waals surface area contributed by atoms with Crippen LogP contribution in [0.4, 0.5) is 0 Å². The van der Waals surface area contributed by atoms with Gasteiger partial charge in [-0.2, -0.15) is 0 Å². The average molecular weight is 446 g/mol. The Hall–Kier alpha value is -1.38. The lowest BCUT2D eigenvalue weighted by Gasteiger charge is -2.41. The van der Waals surface area contributed by atoms with Gasteiger partial charge in [-0.1, -0.05) is 12.1 Å². The highest BCUT2D eigenvalue weighted by Crippen LogP contribution is 2.24. The van der Waals surface area contributed by atoms with Gasteiger partial charge >= 0.3 is 0 Å². The molecule has 1 aromatic rings. The number of hydrogen-bond acceptors (Lipinski definition) is 11. The normalized spacial score (nSPS) is 38.7. The average Bonchev–Trinajstić information content (AvgIpc) is 2.78. The van der Waals surface area contributed by atoms with E-state index in [9.17, 15) is 30.6 Å². The molecule has 0 amide bonds. The molecular weight excluding hydrogens is 416 g/mol. The number of aliphatic hydroxyl groups is 6. The van der Waals surface area contributed by atoms with Crippen molar-refractivity contribution in [2.24, 2.45) is 0 Å². The van der Waals surface area contributed by atoms with Crippen molar-refractivity contribution in [2.45, 2.75) is 61.7 Å². The van der Waals surface area contributed by atoms with E-state index in [-0.39, 0.29) is 19.8 Å². The number of aliphatic hydroxyl groups excluding tert-OH is 6. The van der Waals surface area contributed by atoms with Gasteiger partial charge in [-0.15, -0.1) is 0 Å². The lowest BCUT2D eigenvalue weighted by molar-refractivity contribution is -0.320. The van der Waals surface area contributed by atoms with Gasteiger partial charge in [0.05, 0.1) is 26.9 Å². The molecule has 9 atom stereocenters. The summed E-state index contributed by atoms with van der Waals surface area (Å²) in [6.45, 7) is -0.387. The van der Waals surface area contributed by atoms with E-state index in [1.54, 1.807) is 7.11 Å². The third-order valence-corrected chi connectivity index (χ3v) is 5.38. The Morgan fingerprint density at radius 2 is 1.52 bits per heavy atom. The van der Waals surface area contributed by atoms with E-state index in [1.165, 1.54) is 0 Å². The van der Waals surface area contributed by atoms with Crippen molar-refractivity contribution < 1.29 is 54.3 Å². The first-order valence-corrected chi connectivity index (χ1v) is 10.0. The van der Waals surface area contributed by atoms with Gasteiger partial charge in [0.15, 0.2) is 12.6 Å². The van der Waals surface area contributed by atoms with E-state index in [0.29, 0.717) is 6.42 Å². The van der Waals surface area contributed by atoms with Gasteiger partial charge in [0.1, 0.15) is 48.5 Å². The van der Waals surface area contributed by atoms with Crippen molar-refractivity contribution in [2.75, 3.05) is 26.9 Å². The lowest BCUT2D eigenvalue weighted by atomic mass is 9.99. The maximum atomic E-state index is 10.2. The summed E-state index contributed by atoms with van der Waals surface area (Å²) >= 11 is 0. The van der Waals surface area contributed by atoms with Crippen LogP contribution in [0.25, 0.3) is 0 Å². The zero-order valence-electron chi connectivity index (χ0n) is 17.1. The van der Waals surface area contributed by atoms with Gasteiger partial charge in [-0.3, -0.25) is 0 Å². The summed E-state index contributed by atoms with van der Waals surface area (Å²) in [6.07, 6.45) is -11.7. The smallest absolute Gasteiger partial charge is 0.186 e. The van der Waals surface area contributed by atoms with E-state index in [0.717, 1.165) is 11.3 Å². The molecule has 1 aromatic carbocycles. The quantitative estimate of drug-likeness (QED) is 0.250. The molecule has 6 N–H and O–H groups in total. The molecule has 2 aliphatic heterocycles. The molecule has 0 radical (unpaired) electrons. The second-order valence-corrected chi connectivity index (χ2v) is 7.57. The highest BCUT2D eigenvalue weighted by Gasteiger charge is 2.45. The summed E-state index contributed by atoms with van der Waals surface area (Å²) in [7, 11) is 1.58. The second-order valence-electron chi connectivity index (χ2n) is 7.57. The number of methoxy groups -OCH3 is 1. The number of hydrogen-bond donors (Lipinski definition) is 6.